The standard InChI is InChI=1S/C26H27NS2/c1-15-17(3)25(28-19(15)5)21-7-11-23(12-8-21)27-24-13-9-22(10-14-24)26-18(4)16(2)20(6)29-26/h7-14,27H,1-6H3. The van der Waals surface area contributed by atoms with Crippen LogP contribution in [-0.2, 0) is 0 Å². The number of benzene rings is 2. The van der Waals surface area contributed by atoms with E-state index in [1.54, 1.807) is 0 Å². The van der Waals surface area contributed by atoms with Gasteiger partial charge in [0, 0.05) is 30.9 Å². The third-order valence-corrected chi connectivity index (χ3v) is 8.67. The molecule has 29 heavy (non-hydrogen) atoms. The molecule has 1 nitrogen and oxygen atoms in total. The molecule has 2 heterocycles. The van der Waals surface area contributed by atoms with E-state index in [2.05, 4.69) is 95.4 Å². The molecule has 2 aromatic carbocycles. The number of nitrogens with one attached hydrogen (secondary N) is 1. The summed E-state index contributed by atoms with van der Waals surface area (Å²) in [6, 6.07) is 17.5. The first-order valence-electron chi connectivity index (χ1n) is 9.96. The van der Waals surface area contributed by atoms with Crippen LogP contribution in [0.15, 0.2) is 48.5 Å². The van der Waals surface area contributed by atoms with Gasteiger partial charge in [-0.25, -0.2) is 0 Å². The first-order chi connectivity index (χ1) is 13.8. The molecule has 4 aromatic rings. The summed E-state index contributed by atoms with van der Waals surface area (Å²) in [7, 11) is 0. The van der Waals surface area contributed by atoms with Crippen molar-refractivity contribution < 1.29 is 0 Å². The molecule has 0 aliphatic rings. The van der Waals surface area contributed by atoms with Gasteiger partial charge in [-0.15, -0.1) is 22.7 Å². The van der Waals surface area contributed by atoms with Crippen LogP contribution in [0.3, 0.4) is 0 Å². The minimum absolute atomic E-state index is 1.11. The van der Waals surface area contributed by atoms with E-state index < -0.39 is 0 Å². The average Bonchev–Trinajstić information content (AvgIpc) is 3.14. The van der Waals surface area contributed by atoms with Crippen molar-refractivity contribution in [3.05, 3.63) is 80.5 Å². The second-order valence-electron chi connectivity index (χ2n) is 7.75. The summed E-state index contributed by atoms with van der Waals surface area (Å²) < 4.78 is 0. The van der Waals surface area contributed by atoms with E-state index in [0.717, 1.165) is 11.4 Å². The van der Waals surface area contributed by atoms with Crippen molar-refractivity contribution >= 4 is 34.0 Å². The SMILES string of the molecule is Cc1sc(-c2ccc(Nc3ccc(-c4sc(C)c(C)c4C)cc3)cc2)c(C)c1C. The second kappa shape index (κ2) is 7.81. The van der Waals surface area contributed by atoms with E-state index >= 15 is 0 Å². The number of aryl methyl sites for hydroxylation is 2. The highest BCUT2D eigenvalue weighted by Gasteiger charge is 2.11. The minimum atomic E-state index is 1.11. The molecule has 0 atom stereocenters. The zero-order chi connectivity index (χ0) is 20.7. The predicted molar refractivity (Wildman–Crippen MR) is 131 cm³/mol. The molecule has 0 amide bonds. The van der Waals surface area contributed by atoms with Crippen LogP contribution < -0.4 is 5.32 Å². The fraction of sp³-hybridized carbons (Fsp3) is 0.231. The Kier molecular flexibility index (Phi) is 5.37. The fourth-order valence-corrected chi connectivity index (χ4v) is 5.95. The van der Waals surface area contributed by atoms with Gasteiger partial charge in [0.15, 0.2) is 0 Å². The van der Waals surface area contributed by atoms with Gasteiger partial charge in [-0.2, -0.15) is 0 Å². The van der Waals surface area contributed by atoms with E-state index in [-0.39, 0.29) is 0 Å². The number of anilines is 2. The Morgan fingerprint density at radius 3 is 1.10 bits per heavy atom. The van der Waals surface area contributed by atoms with Gasteiger partial charge in [0.05, 0.1) is 0 Å². The van der Waals surface area contributed by atoms with Crippen molar-refractivity contribution in [3.8, 4) is 20.9 Å². The van der Waals surface area contributed by atoms with Crippen LogP contribution in [0.25, 0.3) is 20.9 Å². The fourth-order valence-electron chi connectivity index (χ4n) is 3.61. The van der Waals surface area contributed by atoms with Gasteiger partial charge in [0.2, 0.25) is 0 Å². The minimum Gasteiger partial charge on any atom is -0.356 e. The Morgan fingerprint density at radius 2 is 0.828 bits per heavy atom. The maximum atomic E-state index is 3.53. The summed E-state index contributed by atoms with van der Waals surface area (Å²) in [5.74, 6) is 0. The van der Waals surface area contributed by atoms with Crippen LogP contribution in [0, 0.1) is 41.5 Å². The zero-order valence-corrected chi connectivity index (χ0v) is 19.6. The molecule has 3 heteroatoms. The Morgan fingerprint density at radius 1 is 0.483 bits per heavy atom. The predicted octanol–water partition coefficient (Wildman–Crippen LogP) is 8.74. The van der Waals surface area contributed by atoms with Gasteiger partial charge >= 0.3 is 0 Å². The highest BCUT2D eigenvalue weighted by atomic mass is 32.1. The van der Waals surface area contributed by atoms with Gasteiger partial charge in [0.25, 0.3) is 0 Å². The molecular weight excluding hydrogens is 390 g/mol. The Labute approximate surface area is 182 Å². The molecule has 1 N–H and O–H groups in total. The van der Waals surface area contributed by atoms with Crippen LogP contribution in [0.4, 0.5) is 11.4 Å². The van der Waals surface area contributed by atoms with Crippen molar-refractivity contribution in [2.24, 2.45) is 0 Å². The van der Waals surface area contributed by atoms with E-state index in [1.807, 2.05) is 22.7 Å². The molecule has 0 aliphatic carbocycles. The molecule has 0 saturated carbocycles. The van der Waals surface area contributed by atoms with E-state index in [9.17, 15) is 0 Å². The molecule has 0 spiro atoms. The largest absolute Gasteiger partial charge is 0.356 e. The first kappa shape index (κ1) is 19.9. The lowest BCUT2D eigenvalue weighted by Gasteiger charge is -2.09. The van der Waals surface area contributed by atoms with E-state index in [0.29, 0.717) is 0 Å². The average molecular weight is 418 g/mol. The van der Waals surface area contributed by atoms with E-state index in [4.69, 9.17) is 0 Å². The van der Waals surface area contributed by atoms with Crippen molar-refractivity contribution in [1.29, 1.82) is 0 Å². The Hall–Kier alpha value is -2.36. The van der Waals surface area contributed by atoms with E-state index in [1.165, 1.54) is 52.9 Å². The number of rotatable bonds is 4. The molecule has 0 aliphatic heterocycles. The molecule has 148 valence electrons. The van der Waals surface area contributed by atoms with Crippen molar-refractivity contribution in [1.82, 2.24) is 0 Å². The normalized spacial score (nSPS) is 11.1. The summed E-state index contributed by atoms with van der Waals surface area (Å²) in [5, 5.41) is 3.53. The van der Waals surface area contributed by atoms with Crippen LogP contribution in [0.5, 0.6) is 0 Å². The first-order valence-corrected chi connectivity index (χ1v) is 11.6. The molecular formula is C26H27NS2. The lowest BCUT2D eigenvalue weighted by molar-refractivity contribution is 1.35. The molecule has 4 rings (SSSR count). The topological polar surface area (TPSA) is 12.0 Å². The van der Waals surface area contributed by atoms with Crippen molar-refractivity contribution in [2.75, 3.05) is 5.32 Å². The summed E-state index contributed by atoms with van der Waals surface area (Å²) >= 11 is 3.78. The maximum absolute atomic E-state index is 3.53. The highest BCUT2D eigenvalue weighted by molar-refractivity contribution is 7.16. The van der Waals surface area contributed by atoms with Crippen LogP contribution >= 0.6 is 22.7 Å². The molecule has 0 unspecified atom stereocenters. The number of thiophene rings is 2. The Bertz CT molecular complexity index is 1070. The van der Waals surface area contributed by atoms with Gasteiger partial charge < -0.3 is 5.32 Å². The van der Waals surface area contributed by atoms with Crippen molar-refractivity contribution in [2.45, 2.75) is 41.5 Å². The highest BCUT2D eigenvalue weighted by Crippen LogP contribution is 2.37. The number of hydrogen-bond donors (Lipinski definition) is 1. The van der Waals surface area contributed by atoms with Gasteiger partial charge in [0.1, 0.15) is 0 Å². The lowest BCUT2D eigenvalue weighted by Crippen LogP contribution is -1.90. The molecule has 2 aromatic heterocycles. The third-order valence-electron chi connectivity index (χ3n) is 5.96. The third kappa shape index (κ3) is 3.77. The summed E-state index contributed by atoms with van der Waals surface area (Å²) in [4.78, 5) is 5.58. The smallest absolute Gasteiger partial charge is 0.0384 e. The van der Waals surface area contributed by atoms with Gasteiger partial charge in [-0.1, -0.05) is 24.3 Å². The zero-order valence-electron chi connectivity index (χ0n) is 17.9. The Balaban J connectivity index is 1.52. The molecule has 0 saturated heterocycles. The molecule has 0 fully saturated rings. The van der Waals surface area contributed by atoms with Crippen LogP contribution in [-0.4, -0.2) is 0 Å². The van der Waals surface area contributed by atoms with Crippen molar-refractivity contribution in [3.63, 3.8) is 0 Å². The molecule has 0 bridgehead atoms. The van der Waals surface area contributed by atoms with Crippen LogP contribution in [0.1, 0.15) is 32.0 Å². The lowest BCUT2D eigenvalue weighted by atomic mass is 10.1. The van der Waals surface area contributed by atoms with Gasteiger partial charge in [-0.3, -0.25) is 0 Å². The quantitative estimate of drug-likeness (QED) is 0.350. The summed E-state index contributed by atoms with van der Waals surface area (Å²) in [5.41, 5.74) is 10.5. The van der Waals surface area contributed by atoms with Gasteiger partial charge in [-0.05, 0) is 99.2 Å². The second-order valence-corrected chi connectivity index (χ2v) is 10.2. The maximum Gasteiger partial charge on any atom is 0.0384 e. The van der Waals surface area contributed by atoms with Crippen LogP contribution in [0.2, 0.25) is 0 Å². The monoisotopic (exact) mass is 417 g/mol. The molecule has 0 radical (unpaired) electrons. The summed E-state index contributed by atoms with van der Waals surface area (Å²) in [6.07, 6.45) is 0. The summed E-state index contributed by atoms with van der Waals surface area (Å²) in [6.45, 7) is 13.3. The number of hydrogen-bond acceptors (Lipinski definition) is 3.